The molecule has 0 spiro atoms. The van der Waals surface area contributed by atoms with Crippen molar-refractivity contribution in [1.82, 2.24) is 4.90 Å². The van der Waals surface area contributed by atoms with Gasteiger partial charge in [-0.05, 0) is 44.9 Å². The second-order valence-electron chi connectivity index (χ2n) is 6.42. The van der Waals surface area contributed by atoms with Crippen LogP contribution in [0.2, 0.25) is 0 Å². The Labute approximate surface area is 132 Å². The summed E-state index contributed by atoms with van der Waals surface area (Å²) in [6, 6.07) is 7.78. The number of anilines is 1. The zero-order chi connectivity index (χ0) is 15.7. The SMILES string of the molecule is CC[C@H]1CCCCN1[C@H]1CC(=O)N(c2ccc(C)cc2)C1=O. The maximum Gasteiger partial charge on any atom is 0.251 e. The van der Waals surface area contributed by atoms with Crippen LogP contribution in [0.3, 0.4) is 0 Å². The van der Waals surface area contributed by atoms with E-state index < -0.39 is 0 Å². The molecule has 2 fully saturated rings. The molecule has 0 saturated carbocycles. The summed E-state index contributed by atoms with van der Waals surface area (Å²) in [5.74, 6) is -0.117. The van der Waals surface area contributed by atoms with Crippen LogP contribution in [0.25, 0.3) is 0 Å². The molecule has 2 aliphatic heterocycles. The first-order valence-electron chi connectivity index (χ1n) is 8.31. The summed E-state index contributed by atoms with van der Waals surface area (Å²) in [7, 11) is 0. The highest BCUT2D eigenvalue weighted by Crippen LogP contribution is 2.30. The van der Waals surface area contributed by atoms with Crippen LogP contribution in [-0.2, 0) is 9.59 Å². The summed E-state index contributed by atoms with van der Waals surface area (Å²) in [5.41, 5.74) is 1.83. The Hall–Kier alpha value is -1.68. The fraction of sp³-hybridized carbons (Fsp3) is 0.556. The largest absolute Gasteiger partial charge is 0.289 e. The van der Waals surface area contributed by atoms with E-state index in [4.69, 9.17) is 0 Å². The van der Waals surface area contributed by atoms with Crippen molar-refractivity contribution in [2.75, 3.05) is 11.4 Å². The average Bonchev–Trinajstić information content (AvgIpc) is 2.83. The van der Waals surface area contributed by atoms with E-state index in [1.54, 1.807) is 0 Å². The van der Waals surface area contributed by atoms with Crippen LogP contribution in [0.15, 0.2) is 24.3 Å². The van der Waals surface area contributed by atoms with Crippen molar-refractivity contribution in [3.05, 3.63) is 29.8 Å². The number of likely N-dealkylation sites (tertiary alicyclic amines) is 1. The molecule has 4 nitrogen and oxygen atoms in total. The first-order valence-corrected chi connectivity index (χ1v) is 8.31. The molecule has 2 amide bonds. The lowest BCUT2D eigenvalue weighted by Gasteiger charge is -2.38. The van der Waals surface area contributed by atoms with E-state index in [1.165, 1.54) is 11.3 Å². The number of hydrogen-bond acceptors (Lipinski definition) is 3. The molecule has 0 unspecified atom stereocenters. The normalized spacial score (nSPS) is 26.7. The molecule has 2 saturated heterocycles. The lowest BCUT2D eigenvalue weighted by atomic mass is 9.97. The summed E-state index contributed by atoms with van der Waals surface area (Å²) in [6.07, 6.45) is 4.86. The van der Waals surface area contributed by atoms with Crippen molar-refractivity contribution >= 4 is 17.5 Å². The van der Waals surface area contributed by atoms with Crippen LogP contribution in [0.5, 0.6) is 0 Å². The molecule has 22 heavy (non-hydrogen) atoms. The van der Waals surface area contributed by atoms with Gasteiger partial charge < -0.3 is 0 Å². The Bertz CT molecular complexity index is 567. The molecule has 0 bridgehead atoms. The molecular weight excluding hydrogens is 276 g/mol. The van der Waals surface area contributed by atoms with Crippen molar-refractivity contribution < 1.29 is 9.59 Å². The predicted molar refractivity (Wildman–Crippen MR) is 86.7 cm³/mol. The Balaban J connectivity index is 1.83. The van der Waals surface area contributed by atoms with Crippen LogP contribution < -0.4 is 4.90 Å². The van der Waals surface area contributed by atoms with Gasteiger partial charge in [0.2, 0.25) is 5.91 Å². The lowest BCUT2D eigenvalue weighted by molar-refractivity contribution is -0.123. The number of aryl methyl sites for hydroxylation is 1. The highest BCUT2D eigenvalue weighted by atomic mass is 16.2. The van der Waals surface area contributed by atoms with E-state index in [0.29, 0.717) is 18.2 Å². The summed E-state index contributed by atoms with van der Waals surface area (Å²) in [5, 5.41) is 0. The molecule has 0 radical (unpaired) electrons. The summed E-state index contributed by atoms with van der Waals surface area (Å²) < 4.78 is 0. The van der Waals surface area contributed by atoms with Gasteiger partial charge in [-0.15, -0.1) is 0 Å². The number of piperidine rings is 1. The van der Waals surface area contributed by atoms with Gasteiger partial charge in [0, 0.05) is 6.04 Å². The standard InChI is InChI=1S/C18H24N2O2/c1-3-14-6-4-5-11-19(14)16-12-17(21)20(18(16)22)15-9-7-13(2)8-10-15/h7-10,14,16H,3-6,11-12H2,1-2H3/t14-,16-/m0/s1. The van der Waals surface area contributed by atoms with Crippen molar-refractivity contribution in [1.29, 1.82) is 0 Å². The highest BCUT2D eigenvalue weighted by Gasteiger charge is 2.44. The maximum absolute atomic E-state index is 12.8. The van der Waals surface area contributed by atoms with Gasteiger partial charge in [-0.3, -0.25) is 14.5 Å². The third kappa shape index (κ3) is 2.68. The highest BCUT2D eigenvalue weighted by molar-refractivity contribution is 6.22. The molecular formula is C18H24N2O2. The van der Waals surface area contributed by atoms with Crippen molar-refractivity contribution in [3.8, 4) is 0 Å². The third-order valence-corrected chi connectivity index (χ3v) is 4.96. The summed E-state index contributed by atoms with van der Waals surface area (Å²) >= 11 is 0. The monoisotopic (exact) mass is 300 g/mol. The minimum Gasteiger partial charge on any atom is -0.289 e. The Morgan fingerprint density at radius 1 is 1.14 bits per heavy atom. The van der Waals surface area contributed by atoms with E-state index in [2.05, 4.69) is 11.8 Å². The van der Waals surface area contributed by atoms with Gasteiger partial charge in [0.1, 0.15) is 0 Å². The number of benzene rings is 1. The summed E-state index contributed by atoms with van der Waals surface area (Å²) in [6.45, 7) is 5.10. The minimum atomic E-state index is -0.265. The molecule has 0 aromatic heterocycles. The first-order chi connectivity index (χ1) is 10.6. The second-order valence-corrected chi connectivity index (χ2v) is 6.42. The minimum absolute atomic E-state index is 0.0470. The van der Waals surface area contributed by atoms with E-state index in [1.807, 2.05) is 31.2 Å². The van der Waals surface area contributed by atoms with E-state index in [0.717, 1.165) is 31.4 Å². The van der Waals surface area contributed by atoms with Crippen LogP contribution in [0.1, 0.15) is 44.6 Å². The fourth-order valence-electron chi connectivity index (χ4n) is 3.71. The molecule has 3 rings (SSSR count). The number of rotatable bonds is 3. The fourth-order valence-corrected chi connectivity index (χ4v) is 3.71. The number of amides is 2. The molecule has 4 heteroatoms. The molecule has 1 aromatic carbocycles. The smallest absolute Gasteiger partial charge is 0.251 e. The van der Waals surface area contributed by atoms with Crippen LogP contribution in [-0.4, -0.2) is 35.3 Å². The lowest BCUT2D eigenvalue weighted by Crippen LogP contribution is -2.49. The number of imide groups is 1. The van der Waals surface area contributed by atoms with Gasteiger partial charge >= 0.3 is 0 Å². The second kappa shape index (κ2) is 6.21. The quantitative estimate of drug-likeness (QED) is 0.806. The van der Waals surface area contributed by atoms with Gasteiger partial charge in [-0.2, -0.15) is 0 Å². The Kier molecular flexibility index (Phi) is 4.30. The topological polar surface area (TPSA) is 40.6 Å². The van der Waals surface area contributed by atoms with E-state index in [-0.39, 0.29) is 17.9 Å². The number of hydrogen-bond donors (Lipinski definition) is 0. The zero-order valence-electron chi connectivity index (χ0n) is 13.4. The maximum atomic E-state index is 12.8. The van der Waals surface area contributed by atoms with Crippen molar-refractivity contribution in [2.24, 2.45) is 0 Å². The number of carbonyl (C=O) groups excluding carboxylic acids is 2. The zero-order valence-corrected chi connectivity index (χ0v) is 13.4. The van der Waals surface area contributed by atoms with E-state index in [9.17, 15) is 9.59 Å². The van der Waals surface area contributed by atoms with Gasteiger partial charge in [-0.25, -0.2) is 4.90 Å². The molecule has 2 aliphatic rings. The molecule has 2 atom stereocenters. The van der Waals surface area contributed by atoms with Gasteiger partial charge in [0.15, 0.2) is 0 Å². The van der Waals surface area contributed by atoms with Gasteiger partial charge in [0.05, 0.1) is 18.2 Å². The predicted octanol–water partition coefficient (Wildman–Crippen LogP) is 2.89. The molecule has 1 aromatic rings. The summed E-state index contributed by atoms with van der Waals surface area (Å²) in [4.78, 5) is 28.9. The van der Waals surface area contributed by atoms with Crippen molar-refractivity contribution in [3.63, 3.8) is 0 Å². The number of nitrogens with zero attached hydrogens (tertiary/aromatic N) is 2. The molecule has 118 valence electrons. The van der Waals surface area contributed by atoms with Crippen molar-refractivity contribution in [2.45, 2.75) is 58.0 Å². The van der Waals surface area contributed by atoms with Crippen LogP contribution in [0, 0.1) is 6.92 Å². The molecule has 0 aliphatic carbocycles. The van der Waals surface area contributed by atoms with Gasteiger partial charge in [0.25, 0.3) is 5.91 Å². The average molecular weight is 300 g/mol. The molecule has 2 heterocycles. The first kappa shape index (κ1) is 15.2. The Morgan fingerprint density at radius 2 is 1.86 bits per heavy atom. The Morgan fingerprint density at radius 3 is 2.55 bits per heavy atom. The van der Waals surface area contributed by atoms with E-state index >= 15 is 0 Å². The molecule has 0 N–H and O–H groups in total. The van der Waals surface area contributed by atoms with Crippen LogP contribution in [0.4, 0.5) is 5.69 Å². The third-order valence-electron chi connectivity index (χ3n) is 4.96. The number of carbonyl (C=O) groups is 2. The van der Waals surface area contributed by atoms with Crippen LogP contribution >= 0.6 is 0 Å². The van der Waals surface area contributed by atoms with Gasteiger partial charge in [-0.1, -0.05) is 31.0 Å².